The highest BCUT2D eigenvalue weighted by molar-refractivity contribution is 6.03. The van der Waals surface area contributed by atoms with Crippen LogP contribution in [0.25, 0.3) is 0 Å². The van der Waals surface area contributed by atoms with Gasteiger partial charge in [-0.05, 0) is 26.0 Å². The number of hydrogen-bond acceptors (Lipinski definition) is 3. The number of nitrogen functional groups attached to an aromatic ring is 1. The number of rotatable bonds is 2. The minimum atomic E-state index is 0.777. The van der Waals surface area contributed by atoms with E-state index in [0.29, 0.717) is 0 Å². The molecule has 2 N–H and O–H groups in total. The highest BCUT2D eigenvalue weighted by Gasteiger charge is 2.03. The average Bonchev–Trinajstić information content (AvgIpc) is 2.08. The predicted octanol–water partition coefficient (Wildman–Crippen LogP) is 1.86. The molecule has 0 atom stereocenters. The number of hydrazone groups is 1. The van der Waals surface area contributed by atoms with Gasteiger partial charge in [0.15, 0.2) is 0 Å². The lowest BCUT2D eigenvalue weighted by atomic mass is 10.1. The quantitative estimate of drug-likeness (QED) is 0.440. The molecule has 0 aromatic heterocycles. The van der Waals surface area contributed by atoms with Crippen LogP contribution in [-0.4, -0.2) is 24.8 Å². The largest absolute Gasteiger partial charge is 0.398 e. The van der Waals surface area contributed by atoms with E-state index in [-0.39, 0.29) is 0 Å². The second-order valence-electron chi connectivity index (χ2n) is 3.62. The number of anilines is 1. The topological polar surface area (TPSA) is 41.6 Å². The first-order chi connectivity index (χ1) is 6.50. The van der Waals surface area contributed by atoms with Gasteiger partial charge in [0.1, 0.15) is 0 Å². The van der Waals surface area contributed by atoms with Gasteiger partial charge in [-0.3, -0.25) is 0 Å². The summed E-state index contributed by atoms with van der Waals surface area (Å²) in [4.78, 5) is 0. The molecule has 0 heterocycles. The molecule has 0 saturated carbocycles. The highest BCUT2D eigenvalue weighted by atomic mass is 15.4. The van der Waals surface area contributed by atoms with E-state index in [2.05, 4.69) is 11.2 Å². The molecule has 0 radical (unpaired) electrons. The first kappa shape index (κ1) is 10.6. The molecule has 0 aliphatic heterocycles. The molecule has 0 bridgehead atoms. The maximum atomic E-state index is 5.87. The smallest absolute Gasteiger partial charge is 0.0667 e. The summed E-state index contributed by atoms with van der Waals surface area (Å²) in [6.45, 7) is 4.01. The van der Waals surface area contributed by atoms with Crippen molar-refractivity contribution in [3.8, 4) is 0 Å². The van der Waals surface area contributed by atoms with Gasteiger partial charge < -0.3 is 10.7 Å². The van der Waals surface area contributed by atoms with Crippen LogP contribution in [0.2, 0.25) is 0 Å². The van der Waals surface area contributed by atoms with Crippen molar-refractivity contribution in [3.63, 3.8) is 0 Å². The Morgan fingerprint density at radius 2 is 2.00 bits per heavy atom. The van der Waals surface area contributed by atoms with E-state index in [1.165, 1.54) is 5.56 Å². The summed E-state index contributed by atoms with van der Waals surface area (Å²) in [6.07, 6.45) is 0. The van der Waals surface area contributed by atoms with E-state index in [0.717, 1.165) is 17.0 Å². The molecule has 0 saturated heterocycles. The van der Waals surface area contributed by atoms with Crippen LogP contribution >= 0.6 is 0 Å². The van der Waals surface area contributed by atoms with Gasteiger partial charge in [0.25, 0.3) is 0 Å². The van der Waals surface area contributed by atoms with Crippen molar-refractivity contribution >= 4 is 11.4 Å². The van der Waals surface area contributed by atoms with E-state index in [9.17, 15) is 0 Å². The molecule has 0 amide bonds. The first-order valence-electron chi connectivity index (χ1n) is 4.59. The maximum absolute atomic E-state index is 5.87. The second-order valence-corrected chi connectivity index (χ2v) is 3.62. The van der Waals surface area contributed by atoms with Gasteiger partial charge in [-0.25, -0.2) is 0 Å². The molecule has 14 heavy (non-hydrogen) atoms. The van der Waals surface area contributed by atoms with E-state index in [1.807, 2.05) is 40.1 Å². The Morgan fingerprint density at radius 3 is 2.57 bits per heavy atom. The Balaban J connectivity index is 3.12. The van der Waals surface area contributed by atoms with Crippen LogP contribution in [-0.2, 0) is 0 Å². The van der Waals surface area contributed by atoms with Crippen molar-refractivity contribution in [2.75, 3.05) is 19.8 Å². The SMILES string of the molecule is C/C(=N\N(C)C)c1cc(C)ccc1N. The van der Waals surface area contributed by atoms with Crippen LogP contribution in [0.1, 0.15) is 18.1 Å². The van der Waals surface area contributed by atoms with Gasteiger partial charge in [0.2, 0.25) is 0 Å². The minimum Gasteiger partial charge on any atom is -0.398 e. The summed E-state index contributed by atoms with van der Waals surface area (Å²) in [5.41, 5.74) is 9.79. The summed E-state index contributed by atoms with van der Waals surface area (Å²) in [6, 6.07) is 5.97. The summed E-state index contributed by atoms with van der Waals surface area (Å²) in [5, 5.41) is 6.09. The monoisotopic (exact) mass is 191 g/mol. The lowest BCUT2D eigenvalue weighted by molar-refractivity contribution is 0.438. The third-order valence-electron chi connectivity index (χ3n) is 1.95. The van der Waals surface area contributed by atoms with Crippen LogP contribution in [0.3, 0.4) is 0 Å². The van der Waals surface area contributed by atoms with Crippen LogP contribution in [0.4, 0.5) is 5.69 Å². The van der Waals surface area contributed by atoms with Crippen LogP contribution < -0.4 is 5.73 Å². The average molecular weight is 191 g/mol. The van der Waals surface area contributed by atoms with Gasteiger partial charge in [-0.1, -0.05) is 11.6 Å². The molecule has 1 aromatic rings. The molecular weight excluding hydrogens is 174 g/mol. The molecule has 76 valence electrons. The van der Waals surface area contributed by atoms with Crippen LogP contribution in [0, 0.1) is 6.92 Å². The van der Waals surface area contributed by atoms with Gasteiger partial charge >= 0.3 is 0 Å². The lowest BCUT2D eigenvalue weighted by Gasteiger charge is -2.10. The van der Waals surface area contributed by atoms with Crippen molar-refractivity contribution < 1.29 is 0 Å². The third-order valence-corrected chi connectivity index (χ3v) is 1.95. The molecule has 0 unspecified atom stereocenters. The van der Waals surface area contributed by atoms with Crippen molar-refractivity contribution in [2.24, 2.45) is 5.10 Å². The van der Waals surface area contributed by atoms with Crippen molar-refractivity contribution in [2.45, 2.75) is 13.8 Å². The van der Waals surface area contributed by atoms with Gasteiger partial charge in [0, 0.05) is 25.3 Å². The van der Waals surface area contributed by atoms with Crippen molar-refractivity contribution in [3.05, 3.63) is 29.3 Å². The number of benzene rings is 1. The van der Waals surface area contributed by atoms with Crippen LogP contribution in [0.5, 0.6) is 0 Å². The minimum absolute atomic E-state index is 0.777. The summed E-state index contributed by atoms with van der Waals surface area (Å²) >= 11 is 0. The molecular formula is C11H17N3. The van der Waals surface area contributed by atoms with E-state index >= 15 is 0 Å². The molecule has 0 fully saturated rings. The molecule has 0 spiro atoms. The van der Waals surface area contributed by atoms with Gasteiger partial charge in [-0.15, -0.1) is 0 Å². The molecule has 3 heteroatoms. The fourth-order valence-electron chi connectivity index (χ4n) is 1.34. The van der Waals surface area contributed by atoms with Crippen LogP contribution in [0.15, 0.2) is 23.3 Å². The normalized spacial score (nSPS) is 11.6. The fraction of sp³-hybridized carbons (Fsp3) is 0.364. The van der Waals surface area contributed by atoms with Gasteiger partial charge in [-0.2, -0.15) is 5.10 Å². The number of nitrogens with zero attached hydrogens (tertiary/aromatic N) is 2. The predicted molar refractivity (Wildman–Crippen MR) is 61.5 cm³/mol. The summed E-state index contributed by atoms with van der Waals surface area (Å²) in [7, 11) is 3.80. The molecule has 0 aliphatic carbocycles. The number of aryl methyl sites for hydroxylation is 1. The van der Waals surface area contributed by atoms with E-state index < -0.39 is 0 Å². The highest BCUT2D eigenvalue weighted by Crippen LogP contribution is 2.14. The Kier molecular flexibility index (Phi) is 3.12. The second kappa shape index (κ2) is 4.13. The third kappa shape index (κ3) is 2.49. The Hall–Kier alpha value is -1.51. The lowest BCUT2D eigenvalue weighted by Crippen LogP contribution is -2.09. The zero-order valence-electron chi connectivity index (χ0n) is 9.20. The fourth-order valence-corrected chi connectivity index (χ4v) is 1.34. The standard InChI is InChI=1S/C11H17N3/c1-8-5-6-11(12)10(7-8)9(2)13-14(3)4/h5-7H,12H2,1-4H3/b13-9+. The Labute approximate surface area is 85.2 Å². The zero-order chi connectivity index (χ0) is 10.7. The van der Waals surface area contributed by atoms with E-state index in [4.69, 9.17) is 5.73 Å². The first-order valence-corrected chi connectivity index (χ1v) is 4.59. The Bertz CT molecular complexity index is 354. The van der Waals surface area contributed by atoms with Crippen molar-refractivity contribution in [1.82, 2.24) is 5.01 Å². The maximum Gasteiger partial charge on any atom is 0.0667 e. The van der Waals surface area contributed by atoms with Crippen molar-refractivity contribution in [1.29, 1.82) is 0 Å². The summed E-state index contributed by atoms with van der Waals surface area (Å²) in [5.74, 6) is 0. The van der Waals surface area contributed by atoms with E-state index in [1.54, 1.807) is 5.01 Å². The molecule has 3 nitrogen and oxygen atoms in total. The summed E-state index contributed by atoms with van der Waals surface area (Å²) < 4.78 is 0. The zero-order valence-corrected chi connectivity index (χ0v) is 9.20. The molecule has 0 aliphatic rings. The molecule has 1 rings (SSSR count). The number of nitrogens with two attached hydrogens (primary N) is 1. The number of hydrogen-bond donors (Lipinski definition) is 1. The molecule has 1 aromatic carbocycles. The van der Waals surface area contributed by atoms with Gasteiger partial charge in [0.05, 0.1) is 5.71 Å². The Morgan fingerprint density at radius 1 is 1.36 bits per heavy atom.